The van der Waals surface area contributed by atoms with Crippen LogP contribution in [0.4, 0.5) is 0 Å². The summed E-state index contributed by atoms with van der Waals surface area (Å²) in [5, 5.41) is 3.43. The second kappa shape index (κ2) is 6.31. The van der Waals surface area contributed by atoms with Gasteiger partial charge < -0.3 is 10.2 Å². The first kappa shape index (κ1) is 15.1. The molecule has 0 radical (unpaired) electrons. The van der Waals surface area contributed by atoms with E-state index in [0.717, 1.165) is 19.5 Å². The van der Waals surface area contributed by atoms with Crippen LogP contribution < -0.4 is 5.32 Å². The quantitative estimate of drug-likeness (QED) is 0.813. The number of hydrogen-bond donors (Lipinski definition) is 1. The molecule has 1 N–H and O–H groups in total. The molecule has 2 nitrogen and oxygen atoms in total. The molecular weight excluding hydrogens is 220 g/mol. The van der Waals surface area contributed by atoms with Crippen LogP contribution in [0.1, 0.15) is 53.9 Å². The second-order valence-electron chi connectivity index (χ2n) is 6.56. The zero-order valence-electron chi connectivity index (χ0n) is 12.8. The van der Waals surface area contributed by atoms with E-state index in [1.807, 2.05) is 0 Å². The summed E-state index contributed by atoms with van der Waals surface area (Å²) in [6.07, 6.45) is 5.91. The Morgan fingerprint density at radius 3 is 2.72 bits per heavy atom. The van der Waals surface area contributed by atoms with Crippen molar-refractivity contribution >= 4 is 0 Å². The van der Waals surface area contributed by atoms with E-state index in [0.29, 0.717) is 11.5 Å². The van der Waals surface area contributed by atoms with Gasteiger partial charge >= 0.3 is 0 Å². The minimum atomic E-state index is 0.329. The van der Waals surface area contributed by atoms with Gasteiger partial charge in [0.05, 0.1) is 6.04 Å². The topological polar surface area (TPSA) is 15.3 Å². The highest BCUT2D eigenvalue weighted by Gasteiger charge is 2.29. The third-order valence-electron chi connectivity index (χ3n) is 3.47. The molecule has 1 atom stereocenters. The highest BCUT2D eigenvalue weighted by atomic mass is 15.2. The summed E-state index contributed by atoms with van der Waals surface area (Å²) in [5.74, 6) is 0. The third-order valence-corrected chi connectivity index (χ3v) is 3.47. The van der Waals surface area contributed by atoms with Crippen molar-refractivity contribution in [2.75, 3.05) is 13.1 Å². The molecule has 1 unspecified atom stereocenters. The Kier molecular flexibility index (Phi) is 5.30. The maximum Gasteiger partial charge on any atom is 0.0684 e. The van der Waals surface area contributed by atoms with Crippen molar-refractivity contribution < 1.29 is 0 Å². The second-order valence-corrected chi connectivity index (χ2v) is 6.56. The molecular formula is C16H30N2. The molecule has 0 amide bonds. The molecule has 1 aliphatic rings. The average molecular weight is 250 g/mol. The van der Waals surface area contributed by atoms with E-state index in [4.69, 9.17) is 0 Å². The van der Waals surface area contributed by atoms with E-state index in [-0.39, 0.29) is 0 Å². The first-order valence-electron chi connectivity index (χ1n) is 7.21. The van der Waals surface area contributed by atoms with Gasteiger partial charge in [0.2, 0.25) is 0 Å². The normalized spacial score (nSPS) is 22.1. The average Bonchev–Trinajstić information content (AvgIpc) is 2.27. The number of piperazine rings is 1. The summed E-state index contributed by atoms with van der Waals surface area (Å²) in [7, 11) is 0. The minimum absolute atomic E-state index is 0.329. The predicted molar refractivity (Wildman–Crippen MR) is 80.4 cm³/mol. The van der Waals surface area contributed by atoms with Crippen molar-refractivity contribution in [2.45, 2.75) is 59.9 Å². The predicted octanol–water partition coefficient (Wildman–Crippen LogP) is 3.91. The van der Waals surface area contributed by atoms with Gasteiger partial charge in [-0.15, -0.1) is 0 Å². The Bertz CT molecular complexity index is 310. The molecule has 0 aromatic heterocycles. The largest absolute Gasteiger partial charge is 0.385 e. The van der Waals surface area contributed by atoms with Crippen molar-refractivity contribution in [3.63, 3.8) is 0 Å². The molecule has 18 heavy (non-hydrogen) atoms. The number of rotatable bonds is 4. The van der Waals surface area contributed by atoms with Crippen LogP contribution in [0.2, 0.25) is 0 Å². The van der Waals surface area contributed by atoms with Crippen LogP contribution in [0.25, 0.3) is 0 Å². The maximum absolute atomic E-state index is 4.21. The lowest BCUT2D eigenvalue weighted by Gasteiger charge is -2.42. The standard InChI is InChI=1S/C16H30N2/c1-7-8-9-13(2)18-11-10-17-14(3)15(18)12-16(4,5)6/h9,15,17H,3,7-8,10-12H2,1-2,4-6H3. The molecule has 0 aliphatic carbocycles. The van der Waals surface area contributed by atoms with Crippen LogP contribution in [-0.2, 0) is 0 Å². The smallest absolute Gasteiger partial charge is 0.0684 e. The van der Waals surface area contributed by atoms with Crippen LogP contribution in [0.15, 0.2) is 24.0 Å². The van der Waals surface area contributed by atoms with Crippen LogP contribution in [0.3, 0.4) is 0 Å². The number of nitrogens with one attached hydrogen (secondary N) is 1. The summed E-state index contributed by atoms with van der Waals surface area (Å²) in [4.78, 5) is 2.53. The van der Waals surface area contributed by atoms with E-state index in [1.54, 1.807) is 0 Å². The van der Waals surface area contributed by atoms with E-state index in [2.05, 4.69) is 57.5 Å². The third kappa shape index (κ3) is 4.40. The molecule has 1 fully saturated rings. The molecule has 0 aromatic carbocycles. The summed E-state index contributed by atoms with van der Waals surface area (Å²) < 4.78 is 0. The Balaban J connectivity index is 2.81. The van der Waals surface area contributed by atoms with Gasteiger partial charge in [-0.25, -0.2) is 0 Å². The van der Waals surface area contributed by atoms with Gasteiger partial charge in [0.25, 0.3) is 0 Å². The zero-order valence-corrected chi connectivity index (χ0v) is 12.8. The molecule has 1 heterocycles. The summed E-state index contributed by atoms with van der Waals surface area (Å²) in [5.41, 5.74) is 2.92. The first-order valence-corrected chi connectivity index (χ1v) is 7.21. The van der Waals surface area contributed by atoms with E-state index in [9.17, 15) is 0 Å². The number of allylic oxidation sites excluding steroid dienone is 2. The Morgan fingerprint density at radius 1 is 1.50 bits per heavy atom. The lowest BCUT2D eigenvalue weighted by Crippen LogP contribution is -2.49. The van der Waals surface area contributed by atoms with Gasteiger partial charge in [-0.1, -0.05) is 46.8 Å². The molecule has 0 spiro atoms. The van der Waals surface area contributed by atoms with Crippen LogP contribution >= 0.6 is 0 Å². The first-order chi connectivity index (χ1) is 8.35. The summed E-state index contributed by atoms with van der Waals surface area (Å²) in [6, 6.07) is 0.437. The number of hydrogen-bond acceptors (Lipinski definition) is 2. The fraction of sp³-hybridized carbons (Fsp3) is 0.750. The molecule has 104 valence electrons. The molecule has 1 aliphatic heterocycles. The van der Waals surface area contributed by atoms with Gasteiger partial charge in [0, 0.05) is 24.5 Å². The maximum atomic E-state index is 4.21. The molecule has 1 saturated heterocycles. The van der Waals surface area contributed by atoms with Crippen molar-refractivity contribution in [3.8, 4) is 0 Å². The van der Waals surface area contributed by atoms with E-state index in [1.165, 1.54) is 24.2 Å². The van der Waals surface area contributed by atoms with Crippen molar-refractivity contribution in [2.24, 2.45) is 5.41 Å². The Hall–Kier alpha value is -0.920. The van der Waals surface area contributed by atoms with E-state index < -0.39 is 0 Å². The van der Waals surface area contributed by atoms with Crippen LogP contribution in [0, 0.1) is 5.41 Å². The molecule has 1 rings (SSSR count). The summed E-state index contributed by atoms with van der Waals surface area (Å²) in [6.45, 7) is 17.7. The highest BCUT2D eigenvalue weighted by Crippen LogP contribution is 2.29. The van der Waals surface area contributed by atoms with Gasteiger partial charge in [0.15, 0.2) is 0 Å². The minimum Gasteiger partial charge on any atom is -0.385 e. The Morgan fingerprint density at radius 2 is 2.17 bits per heavy atom. The molecule has 2 heteroatoms. The Labute approximate surface area is 113 Å². The van der Waals surface area contributed by atoms with Gasteiger partial charge in [-0.05, 0) is 25.2 Å². The molecule has 0 aromatic rings. The van der Waals surface area contributed by atoms with E-state index >= 15 is 0 Å². The van der Waals surface area contributed by atoms with Gasteiger partial charge in [0.1, 0.15) is 0 Å². The summed E-state index contributed by atoms with van der Waals surface area (Å²) >= 11 is 0. The van der Waals surface area contributed by atoms with Crippen molar-refractivity contribution in [1.29, 1.82) is 0 Å². The molecule has 0 saturated carbocycles. The lowest BCUT2D eigenvalue weighted by atomic mass is 9.85. The zero-order chi connectivity index (χ0) is 13.8. The number of nitrogens with zero attached hydrogens (tertiary/aromatic N) is 1. The SMILES string of the molecule is C=C1NCCN(C(C)=CCCC)C1CC(C)(C)C. The monoisotopic (exact) mass is 250 g/mol. The lowest BCUT2D eigenvalue weighted by molar-refractivity contribution is 0.185. The van der Waals surface area contributed by atoms with Crippen molar-refractivity contribution in [1.82, 2.24) is 10.2 Å². The molecule has 0 bridgehead atoms. The van der Waals surface area contributed by atoms with Crippen LogP contribution in [-0.4, -0.2) is 24.0 Å². The highest BCUT2D eigenvalue weighted by molar-refractivity contribution is 5.14. The fourth-order valence-electron chi connectivity index (χ4n) is 2.50. The fourth-order valence-corrected chi connectivity index (χ4v) is 2.50. The number of unbranched alkanes of at least 4 members (excludes halogenated alkanes) is 1. The van der Waals surface area contributed by atoms with Gasteiger partial charge in [-0.2, -0.15) is 0 Å². The van der Waals surface area contributed by atoms with Crippen LogP contribution in [0.5, 0.6) is 0 Å². The van der Waals surface area contributed by atoms with Crippen molar-refractivity contribution in [3.05, 3.63) is 24.0 Å². The van der Waals surface area contributed by atoms with Gasteiger partial charge in [-0.3, -0.25) is 0 Å².